The van der Waals surface area contributed by atoms with E-state index in [0.717, 1.165) is 20.7 Å². The van der Waals surface area contributed by atoms with Crippen LogP contribution < -0.4 is 43.0 Å². The van der Waals surface area contributed by atoms with Crippen molar-refractivity contribution in [1.29, 1.82) is 0 Å². The number of nitro groups is 1. The van der Waals surface area contributed by atoms with Crippen LogP contribution in [0.2, 0.25) is 0 Å². The number of phosphoric acid groups is 1. The van der Waals surface area contributed by atoms with Crippen molar-refractivity contribution in [2.24, 2.45) is 35.3 Å². The first-order valence-electron chi connectivity index (χ1n) is 40.2. The van der Waals surface area contributed by atoms with Gasteiger partial charge in [-0.3, -0.25) is 67.2 Å². The molecule has 0 radical (unpaired) electrons. The van der Waals surface area contributed by atoms with E-state index in [1.54, 1.807) is 104 Å². The van der Waals surface area contributed by atoms with Gasteiger partial charge in [0, 0.05) is 72.2 Å². The summed E-state index contributed by atoms with van der Waals surface area (Å²) < 4.78 is 66.3. The molecule has 1 saturated heterocycles. The normalized spacial score (nSPS) is 16.2. The van der Waals surface area contributed by atoms with Gasteiger partial charge in [0.2, 0.25) is 52.3 Å². The van der Waals surface area contributed by atoms with Crippen molar-refractivity contribution in [3.63, 3.8) is 0 Å². The second-order valence-electron chi connectivity index (χ2n) is 32.4. The van der Waals surface area contributed by atoms with Gasteiger partial charge in [-0.15, -0.1) is 5.10 Å². The number of aliphatic hydroxyl groups excluding tert-OH is 1. The van der Waals surface area contributed by atoms with Crippen LogP contribution in [0.4, 0.5) is 21.0 Å². The number of nitrogens with two attached hydrogens (primary N) is 1. The van der Waals surface area contributed by atoms with Gasteiger partial charge in [0.05, 0.1) is 99.8 Å². The minimum Gasteiger partial charge on any atom is -0.445 e. The number of rotatable bonds is 49. The van der Waals surface area contributed by atoms with Crippen LogP contribution in [0.5, 0.6) is 0 Å². The maximum absolute atomic E-state index is 14.9. The molecule has 1 aliphatic rings. The number of aliphatic hydroxyl groups is 1. The van der Waals surface area contributed by atoms with Crippen LogP contribution in [-0.2, 0) is 95.7 Å². The Morgan fingerprint density at radius 2 is 1.44 bits per heavy atom. The molecule has 0 aliphatic carbocycles. The highest BCUT2D eigenvalue weighted by Crippen LogP contribution is 2.43. The molecule has 11 N–H and O–H groups in total. The molecule has 1 aliphatic heterocycles. The van der Waals surface area contributed by atoms with E-state index in [4.69, 9.17) is 29.0 Å². The molecule has 3 heterocycles. The van der Waals surface area contributed by atoms with Gasteiger partial charge in [0.1, 0.15) is 62.7 Å². The van der Waals surface area contributed by atoms with Crippen molar-refractivity contribution in [3.05, 3.63) is 106 Å². The fourth-order valence-electron chi connectivity index (χ4n) is 13.9. The van der Waals surface area contributed by atoms with E-state index in [0.29, 0.717) is 60.3 Å². The Labute approximate surface area is 711 Å². The van der Waals surface area contributed by atoms with Gasteiger partial charge in [-0.2, -0.15) is 0 Å². The number of amides is 12. The van der Waals surface area contributed by atoms with Crippen LogP contribution in [0.25, 0.3) is 0 Å². The number of phosphoric ester groups is 1. The van der Waals surface area contributed by atoms with E-state index in [2.05, 4.69) is 52.5 Å². The average molecular weight is 1760 g/mol. The number of nitrogens with zero attached hydrogens (tertiary/aromatic N) is 10. The molecular formula is C79H124N18O23PS+. The van der Waals surface area contributed by atoms with E-state index in [1.165, 1.54) is 44.5 Å². The number of nitrogens with one attached hydrogen (secondary N) is 7. The van der Waals surface area contributed by atoms with Crippen LogP contribution in [0.1, 0.15) is 141 Å². The molecule has 12 amide bonds. The van der Waals surface area contributed by atoms with E-state index in [-0.39, 0.29) is 74.7 Å². The minimum atomic E-state index is -4.54. The van der Waals surface area contributed by atoms with Crippen molar-refractivity contribution in [2.45, 2.75) is 193 Å². The quantitative estimate of drug-likeness (QED) is 0.00997. The van der Waals surface area contributed by atoms with Crippen molar-refractivity contribution in [1.82, 2.24) is 71.5 Å². The molecule has 4 aromatic rings. The molecule has 5 rings (SSSR count). The fourth-order valence-corrected chi connectivity index (χ4v) is 15.4. The first kappa shape index (κ1) is 102. The first-order valence-corrected chi connectivity index (χ1v) is 43.6. The van der Waals surface area contributed by atoms with Crippen molar-refractivity contribution in [3.8, 4) is 0 Å². The Balaban J connectivity index is 1.22. The highest BCUT2D eigenvalue weighted by Gasteiger charge is 2.45. The van der Waals surface area contributed by atoms with Gasteiger partial charge < -0.3 is 86.3 Å². The monoisotopic (exact) mass is 1760 g/mol. The van der Waals surface area contributed by atoms with Gasteiger partial charge in [-0.1, -0.05) is 116 Å². The molecule has 122 heavy (non-hydrogen) atoms. The lowest BCUT2D eigenvalue weighted by atomic mass is 9.89. The Hall–Kier alpha value is -10.2. The number of sulfone groups is 1. The number of likely N-dealkylation sites (tertiary alicyclic amines) is 1. The van der Waals surface area contributed by atoms with E-state index in [1.807, 2.05) is 41.1 Å². The molecule has 1 fully saturated rings. The zero-order valence-electron chi connectivity index (χ0n) is 72.8. The summed E-state index contributed by atoms with van der Waals surface area (Å²) in [6.07, 6.45) is 1.03. The predicted octanol–water partition coefficient (Wildman–Crippen LogP) is 3.19. The second kappa shape index (κ2) is 47.4. The van der Waals surface area contributed by atoms with Gasteiger partial charge in [0.15, 0.2) is 9.84 Å². The number of likely N-dealkylation sites (N-methyl/N-ethyl adjacent to an activating group) is 3. The number of anilines is 1. The van der Waals surface area contributed by atoms with Crippen molar-refractivity contribution < 1.29 is 108 Å². The molecular weight excluding hydrogens is 1630 g/mol. The topological polar surface area (TPSA) is 536 Å². The van der Waals surface area contributed by atoms with E-state index in [9.17, 15) is 85.8 Å². The number of hydrogen-bond donors (Lipinski definition) is 10. The number of aromatic nitrogens is 4. The number of carbonyl (C=O) groups excluding carboxylic acids is 11. The number of hydrogen-bond acceptors (Lipinski definition) is 25. The molecule has 0 bridgehead atoms. The smallest absolute Gasteiger partial charge is 0.445 e. The summed E-state index contributed by atoms with van der Waals surface area (Å²) in [5, 5.41) is 48.8. The Morgan fingerprint density at radius 1 is 0.795 bits per heavy atom. The third kappa shape index (κ3) is 31.3. The van der Waals surface area contributed by atoms with Crippen LogP contribution in [0.3, 0.4) is 0 Å². The van der Waals surface area contributed by atoms with Crippen LogP contribution in [0, 0.1) is 39.7 Å². The Bertz CT molecular complexity index is 4390. The van der Waals surface area contributed by atoms with E-state index < -0.39 is 203 Å². The number of ether oxygens (including phenoxy) is 3. The Morgan fingerprint density at radius 3 is 2.02 bits per heavy atom. The van der Waals surface area contributed by atoms with Crippen molar-refractivity contribution >= 4 is 94.3 Å². The van der Waals surface area contributed by atoms with Crippen LogP contribution in [0.15, 0.2) is 78.1 Å². The SMILES string of the molecule is CC[C@H](C)[C@@H]([C@@H](CC(=O)N1CCC[C@H]1[C@H](OC)[C@@H](C)C(=O)N[C@H](C)[C@@H](O)c1ccccc1)OC)N(C)C(=O)[C@@H](NC(=O)[C@H](C(C)C)N(C)C(=O)OCc1ccc(NC(=O)[C@H](CCCNC(N)=O)NC(=O)[C@@H](NC(=O)Cn2cc(CN(CC(=O)NCCOP(=O)(O)OCC[N+](C)(C)C)C(=O)c3cnc(S(C)(=O)=O)c([N+](=O)[O-])c3)nn2)C(C)C)cc1)C(C)C. The predicted molar refractivity (Wildman–Crippen MR) is 445 cm³/mol. The summed E-state index contributed by atoms with van der Waals surface area (Å²) in [6.45, 7) is 15.1. The summed E-state index contributed by atoms with van der Waals surface area (Å²) >= 11 is 0. The minimum absolute atomic E-state index is 0.00684. The molecule has 2 aromatic carbocycles. The molecule has 41 nitrogen and oxygen atoms in total. The van der Waals surface area contributed by atoms with E-state index >= 15 is 0 Å². The molecule has 0 spiro atoms. The highest BCUT2D eigenvalue weighted by atomic mass is 32.2. The summed E-state index contributed by atoms with van der Waals surface area (Å²) in [4.78, 5) is 183. The number of urea groups is 1. The van der Waals surface area contributed by atoms with Gasteiger partial charge in [0.25, 0.3) is 5.91 Å². The maximum Gasteiger partial charge on any atom is 0.472 e. The maximum atomic E-state index is 14.9. The summed E-state index contributed by atoms with van der Waals surface area (Å²) in [6, 6.07) is 8.32. The summed E-state index contributed by atoms with van der Waals surface area (Å²) in [5.74, 6) is -8.50. The first-order chi connectivity index (χ1) is 57.1. The van der Waals surface area contributed by atoms with Gasteiger partial charge in [-0.05, 0) is 79.5 Å². The van der Waals surface area contributed by atoms with Crippen molar-refractivity contribution in [2.75, 3.05) is 107 Å². The third-order valence-corrected chi connectivity index (χ3v) is 22.8. The summed E-state index contributed by atoms with van der Waals surface area (Å²) in [7, 11) is 2.67. The van der Waals surface area contributed by atoms with Crippen LogP contribution in [-0.4, -0.2) is 289 Å². The number of pyridine rings is 1. The van der Waals surface area contributed by atoms with Crippen LogP contribution >= 0.6 is 7.82 Å². The third-order valence-electron chi connectivity index (χ3n) is 20.7. The molecule has 678 valence electrons. The molecule has 2 aromatic heterocycles. The molecule has 13 atom stereocenters. The molecule has 1 unspecified atom stereocenters. The second-order valence-corrected chi connectivity index (χ2v) is 35.8. The lowest BCUT2D eigenvalue weighted by Crippen LogP contribution is -2.60. The van der Waals surface area contributed by atoms with Gasteiger partial charge in [-0.25, -0.2) is 32.2 Å². The summed E-state index contributed by atoms with van der Waals surface area (Å²) in [5.41, 5.74) is 5.01. The lowest BCUT2D eigenvalue weighted by Gasteiger charge is -2.41. The fraction of sp³-hybridized carbons (Fsp3) is 0.620. The standard InChI is InChI=1S/C79H123N18O23PS/c1-19-50(8)68(61(116-16)40-64(100)95-35-24-28-59(95)70(117-17)51(9)71(102)84-52(10)69(101)54-25-21-20-22-26-54)91(11)77(107)66(48(4)5)88-74(105)67(49(6)7)92(12)79(109)118-46-53-29-31-56(32-30-53)85-72(103)58(27-23-33-82-78(80)108)86-73(104)65(47(2)3)87-63(99)45-94-43-57(89-90-94)42-93(76(106)55-39-60(96(110)111)75(83-41-55)122(18,114)115)44-62(98)81-34-37-119-121(112,113)120-38-36-97(13,14)15/h20-22,25-26,29-32,39,41,43,47-52,58-59,61,65-70,101H,19,23-24,27-28,33-38,40,42,44-46H2,1-18H3,(H9-,80,81,82,84,85,86,87,88,98,99,102,103,104,105,108,112,113)/p+1/t50-,51+,52+,58-,59-,61+,65-,66-,67-,68-,69+,70+/m0/s1. The van der Waals surface area contributed by atoms with Gasteiger partial charge >= 0.3 is 25.6 Å². The number of quaternary nitrogens is 1. The zero-order chi connectivity index (χ0) is 91.4. The average Bonchev–Trinajstić information content (AvgIpc) is 1.06. The number of methoxy groups -OCH3 is 2. The highest BCUT2D eigenvalue weighted by molar-refractivity contribution is 7.90. The zero-order valence-corrected chi connectivity index (χ0v) is 74.5. The number of carbonyl (C=O) groups is 11. The largest absolute Gasteiger partial charge is 0.472 e. The number of primary amides is 1. The Kier molecular flexibility index (Phi) is 39.8. The molecule has 43 heteroatoms. The number of benzene rings is 2. The lowest BCUT2D eigenvalue weighted by molar-refractivity contribution is -0.870. The molecule has 0 saturated carbocycles.